The number of hydrogen-bond donors (Lipinski definition) is 1. The minimum atomic E-state index is 0.460. The molecule has 0 spiro atoms. The van der Waals surface area contributed by atoms with Gasteiger partial charge < -0.3 is 19.5 Å². The Morgan fingerprint density at radius 3 is 2.82 bits per heavy atom. The Morgan fingerprint density at radius 1 is 1.24 bits per heavy atom. The number of rotatable bonds is 3. The molecule has 0 radical (unpaired) electrons. The summed E-state index contributed by atoms with van der Waals surface area (Å²) in [5, 5.41) is 4.00. The first-order valence-corrected chi connectivity index (χ1v) is 6.10. The van der Waals surface area contributed by atoms with Gasteiger partial charge in [-0.2, -0.15) is 0 Å². The SMILES string of the molecule is Clc1cc(CNC2COC2)cc2c1OCCO2. The van der Waals surface area contributed by atoms with Crippen LogP contribution in [0.3, 0.4) is 0 Å². The van der Waals surface area contributed by atoms with E-state index in [2.05, 4.69) is 5.32 Å². The van der Waals surface area contributed by atoms with Crippen LogP contribution in [-0.4, -0.2) is 32.5 Å². The summed E-state index contributed by atoms with van der Waals surface area (Å²) >= 11 is 6.15. The lowest BCUT2D eigenvalue weighted by Crippen LogP contribution is -2.45. The predicted molar refractivity (Wildman–Crippen MR) is 63.9 cm³/mol. The van der Waals surface area contributed by atoms with Crippen molar-refractivity contribution in [3.05, 3.63) is 22.7 Å². The van der Waals surface area contributed by atoms with Crippen molar-refractivity contribution in [3.8, 4) is 11.5 Å². The van der Waals surface area contributed by atoms with Crippen LogP contribution >= 0.6 is 11.6 Å². The molecule has 0 atom stereocenters. The van der Waals surface area contributed by atoms with E-state index in [-0.39, 0.29) is 0 Å². The topological polar surface area (TPSA) is 39.7 Å². The van der Waals surface area contributed by atoms with E-state index in [4.69, 9.17) is 25.8 Å². The van der Waals surface area contributed by atoms with Crippen LogP contribution in [0.2, 0.25) is 5.02 Å². The zero-order valence-corrected chi connectivity index (χ0v) is 10.1. The minimum Gasteiger partial charge on any atom is -0.486 e. The van der Waals surface area contributed by atoms with E-state index in [0.29, 0.717) is 30.0 Å². The van der Waals surface area contributed by atoms with E-state index in [1.165, 1.54) is 0 Å². The summed E-state index contributed by atoms with van der Waals surface area (Å²) in [6.45, 7) is 3.49. The monoisotopic (exact) mass is 255 g/mol. The summed E-state index contributed by atoms with van der Waals surface area (Å²) in [6.07, 6.45) is 0. The molecule has 0 bridgehead atoms. The second-order valence-corrected chi connectivity index (χ2v) is 4.62. The molecule has 3 rings (SSSR count). The predicted octanol–water partition coefficient (Wildman–Crippen LogP) is 1.60. The molecule has 92 valence electrons. The van der Waals surface area contributed by atoms with Gasteiger partial charge in [-0.05, 0) is 17.7 Å². The fourth-order valence-electron chi connectivity index (χ4n) is 1.88. The molecular weight excluding hydrogens is 242 g/mol. The number of halogens is 1. The summed E-state index contributed by atoms with van der Waals surface area (Å²) in [4.78, 5) is 0. The first-order valence-electron chi connectivity index (χ1n) is 5.72. The van der Waals surface area contributed by atoms with Crippen molar-refractivity contribution >= 4 is 11.6 Å². The Kier molecular flexibility index (Phi) is 3.09. The zero-order chi connectivity index (χ0) is 11.7. The fraction of sp³-hybridized carbons (Fsp3) is 0.500. The molecule has 0 aliphatic carbocycles. The Labute approximate surface area is 105 Å². The van der Waals surface area contributed by atoms with Crippen molar-refractivity contribution in [3.63, 3.8) is 0 Å². The van der Waals surface area contributed by atoms with E-state index < -0.39 is 0 Å². The van der Waals surface area contributed by atoms with Gasteiger partial charge in [-0.3, -0.25) is 0 Å². The number of fused-ring (bicyclic) bond motifs is 1. The van der Waals surface area contributed by atoms with Gasteiger partial charge in [0.15, 0.2) is 11.5 Å². The molecule has 17 heavy (non-hydrogen) atoms. The van der Waals surface area contributed by atoms with Gasteiger partial charge in [-0.25, -0.2) is 0 Å². The van der Waals surface area contributed by atoms with E-state index in [9.17, 15) is 0 Å². The molecule has 1 fully saturated rings. The molecule has 0 amide bonds. The highest BCUT2D eigenvalue weighted by Crippen LogP contribution is 2.38. The number of nitrogens with one attached hydrogen (secondary N) is 1. The van der Waals surface area contributed by atoms with E-state index in [0.717, 1.165) is 31.1 Å². The average molecular weight is 256 g/mol. The largest absolute Gasteiger partial charge is 0.486 e. The van der Waals surface area contributed by atoms with Crippen LogP contribution in [0, 0.1) is 0 Å². The minimum absolute atomic E-state index is 0.460. The van der Waals surface area contributed by atoms with Gasteiger partial charge in [0.2, 0.25) is 0 Å². The number of hydrogen-bond acceptors (Lipinski definition) is 4. The lowest BCUT2D eigenvalue weighted by atomic mass is 10.1. The molecule has 1 saturated heterocycles. The highest BCUT2D eigenvalue weighted by atomic mass is 35.5. The molecule has 0 unspecified atom stereocenters. The fourth-order valence-corrected chi connectivity index (χ4v) is 2.17. The van der Waals surface area contributed by atoms with Crippen molar-refractivity contribution in [1.82, 2.24) is 5.32 Å². The summed E-state index contributed by atoms with van der Waals surface area (Å²) in [5.74, 6) is 1.40. The average Bonchev–Trinajstić information content (AvgIpc) is 2.27. The first-order chi connectivity index (χ1) is 8.33. The molecule has 2 heterocycles. The Morgan fingerprint density at radius 2 is 2.06 bits per heavy atom. The summed E-state index contributed by atoms with van der Waals surface area (Å²) in [7, 11) is 0. The normalized spacial score (nSPS) is 18.9. The molecule has 0 saturated carbocycles. The summed E-state index contributed by atoms with van der Waals surface area (Å²) in [5.41, 5.74) is 1.10. The number of ether oxygens (including phenoxy) is 3. The Bertz CT molecular complexity index is 420. The smallest absolute Gasteiger partial charge is 0.179 e. The van der Waals surface area contributed by atoms with Crippen molar-refractivity contribution in [2.75, 3.05) is 26.4 Å². The maximum Gasteiger partial charge on any atom is 0.179 e. The molecule has 1 N–H and O–H groups in total. The molecule has 2 aliphatic heterocycles. The summed E-state index contributed by atoms with van der Waals surface area (Å²) < 4.78 is 16.1. The number of benzene rings is 1. The van der Waals surface area contributed by atoms with Gasteiger partial charge in [0.25, 0.3) is 0 Å². The van der Waals surface area contributed by atoms with Crippen LogP contribution in [0.5, 0.6) is 11.5 Å². The Balaban J connectivity index is 1.73. The quantitative estimate of drug-likeness (QED) is 0.891. The molecule has 4 nitrogen and oxygen atoms in total. The van der Waals surface area contributed by atoms with E-state index in [1.54, 1.807) is 0 Å². The third-order valence-corrected chi connectivity index (χ3v) is 3.17. The van der Waals surface area contributed by atoms with Crippen LogP contribution < -0.4 is 14.8 Å². The van der Waals surface area contributed by atoms with Crippen LogP contribution in [0.1, 0.15) is 5.56 Å². The van der Waals surface area contributed by atoms with Crippen molar-refractivity contribution in [2.45, 2.75) is 12.6 Å². The van der Waals surface area contributed by atoms with Crippen molar-refractivity contribution < 1.29 is 14.2 Å². The molecule has 1 aromatic rings. The third kappa shape index (κ3) is 2.34. The molecule has 0 aromatic heterocycles. The second kappa shape index (κ2) is 4.72. The van der Waals surface area contributed by atoms with Crippen molar-refractivity contribution in [2.24, 2.45) is 0 Å². The van der Waals surface area contributed by atoms with Crippen LogP contribution in [-0.2, 0) is 11.3 Å². The van der Waals surface area contributed by atoms with Gasteiger partial charge in [0, 0.05) is 6.54 Å². The third-order valence-electron chi connectivity index (χ3n) is 2.89. The highest BCUT2D eigenvalue weighted by molar-refractivity contribution is 6.32. The van der Waals surface area contributed by atoms with Gasteiger partial charge in [0.1, 0.15) is 13.2 Å². The maximum atomic E-state index is 6.15. The Hall–Kier alpha value is -0.970. The van der Waals surface area contributed by atoms with Crippen molar-refractivity contribution in [1.29, 1.82) is 0 Å². The first kappa shape index (κ1) is 11.1. The van der Waals surface area contributed by atoms with Crippen LogP contribution in [0.25, 0.3) is 0 Å². The molecule has 1 aromatic carbocycles. The van der Waals surface area contributed by atoms with E-state index >= 15 is 0 Å². The zero-order valence-electron chi connectivity index (χ0n) is 9.37. The van der Waals surface area contributed by atoms with Gasteiger partial charge in [0.05, 0.1) is 24.3 Å². The molecular formula is C12H14ClNO3. The lowest BCUT2D eigenvalue weighted by molar-refractivity contribution is -0.00579. The molecule has 5 heteroatoms. The van der Waals surface area contributed by atoms with Gasteiger partial charge >= 0.3 is 0 Å². The second-order valence-electron chi connectivity index (χ2n) is 4.22. The lowest BCUT2D eigenvalue weighted by Gasteiger charge is -2.27. The van der Waals surface area contributed by atoms with Crippen LogP contribution in [0.15, 0.2) is 12.1 Å². The molecule has 2 aliphatic rings. The maximum absolute atomic E-state index is 6.15. The van der Waals surface area contributed by atoms with Crippen LogP contribution in [0.4, 0.5) is 0 Å². The highest BCUT2D eigenvalue weighted by Gasteiger charge is 2.19. The van der Waals surface area contributed by atoms with E-state index in [1.807, 2.05) is 12.1 Å². The standard InChI is InChI=1S/C12H14ClNO3/c13-10-3-8(5-14-9-6-15-7-9)4-11-12(10)17-2-1-16-11/h3-4,9,14H,1-2,5-7H2. The van der Waals surface area contributed by atoms with Gasteiger partial charge in [-0.1, -0.05) is 11.6 Å². The van der Waals surface area contributed by atoms with Gasteiger partial charge in [-0.15, -0.1) is 0 Å². The summed E-state index contributed by atoms with van der Waals surface area (Å²) in [6, 6.07) is 4.36.